The Morgan fingerprint density at radius 1 is 0.656 bits per heavy atom. The molecule has 0 spiro atoms. The minimum absolute atomic E-state index is 0.0483. The predicted octanol–water partition coefficient (Wildman–Crippen LogP) is 7.03. The molecular weight excluding hydrogens is 440 g/mol. The normalized spacial score (nSPS) is 11.1. The summed E-state index contributed by atoms with van der Waals surface area (Å²) in [7, 11) is 3.46. The van der Waals surface area contributed by atoms with E-state index in [1.165, 1.54) is 20.9 Å². The lowest BCUT2D eigenvalue weighted by atomic mass is 10.1. The number of ether oxygens (including phenoxy) is 2. The molecule has 0 radical (unpaired) electrons. The van der Waals surface area contributed by atoms with Gasteiger partial charge in [-0.25, -0.2) is 0 Å². The molecule has 0 heterocycles. The van der Waals surface area contributed by atoms with Crippen LogP contribution < -0.4 is 0 Å². The molecule has 174 valence electrons. The van der Waals surface area contributed by atoms with E-state index in [0.29, 0.717) is 12.8 Å². The van der Waals surface area contributed by atoms with Gasteiger partial charge in [0.15, 0.2) is 0 Å². The summed E-state index contributed by atoms with van der Waals surface area (Å²) in [6.07, 6.45) is 4.19. The fourth-order valence-corrected chi connectivity index (χ4v) is 4.97. The van der Waals surface area contributed by atoms with Crippen molar-refractivity contribution in [2.75, 3.05) is 0 Å². The Hall–Kier alpha value is -1.92. The van der Waals surface area contributed by atoms with Crippen molar-refractivity contribution in [2.45, 2.75) is 88.2 Å². The number of carbonyl (C=O) groups is 2. The van der Waals surface area contributed by atoms with Gasteiger partial charge in [0.2, 0.25) is 0 Å². The number of rotatable bonds is 13. The second-order valence-electron chi connectivity index (χ2n) is 8.24. The zero-order valence-corrected chi connectivity index (χ0v) is 21.1. The third-order valence-corrected chi connectivity index (χ3v) is 6.93. The fraction of sp³-hybridized carbons (Fsp3) is 0.462. The van der Waals surface area contributed by atoms with E-state index in [1.54, 1.807) is 21.6 Å². The molecule has 2 rings (SSSR count). The van der Waals surface area contributed by atoms with Gasteiger partial charge in [0.05, 0.1) is 12.2 Å². The van der Waals surface area contributed by atoms with E-state index in [0.717, 1.165) is 25.7 Å². The average molecular weight is 475 g/mol. The first-order valence-electron chi connectivity index (χ1n) is 11.2. The van der Waals surface area contributed by atoms with Crippen molar-refractivity contribution >= 4 is 33.5 Å². The number of benzene rings is 2. The summed E-state index contributed by atoms with van der Waals surface area (Å²) in [5.74, 6) is -0.244. The number of carbonyl (C=O) groups excluding carboxylic acids is 2. The molecule has 4 nitrogen and oxygen atoms in total. The number of hydrogen-bond donors (Lipinski definition) is 0. The molecule has 0 saturated carbocycles. The highest BCUT2D eigenvalue weighted by Gasteiger charge is 2.07. The fourth-order valence-electron chi connectivity index (χ4n) is 3.04. The Morgan fingerprint density at radius 2 is 1.00 bits per heavy atom. The minimum Gasteiger partial charge on any atom is -0.463 e. The van der Waals surface area contributed by atoms with Gasteiger partial charge in [-0.1, -0.05) is 45.9 Å². The van der Waals surface area contributed by atoms with Gasteiger partial charge in [0.25, 0.3) is 0 Å². The first kappa shape index (κ1) is 26.3. The molecule has 2 aromatic rings. The Bertz CT molecular complexity index is 758. The molecule has 0 saturated heterocycles. The Kier molecular flexibility index (Phi) is 11.7. The minimum atomic E-state index is -0.122. The van der Waals surface area contributed by atoms with Gasteiger partial charge in [-0.15, -0.1) is 0 Å². The first-order valence-corrected chi connectivity index (χ1v) is 13.4. The maximum absolute atomic E-state index is 11.6. The highest BCUT2D eigenvalue weighted by atomic mass is 33.1. The lowest BCUT2D eigenvalue weighted by Crippen LogP contribution is -2.11. The molecule has 0 aliphatic carbocycles. The van der Waals surface area contributed by atoms with E-state index < -0.39 is 0 Å². The van der Waals surface area contributed by atoms with Crippen molar-refractivity contribution in [3.63, 3.8) is 0 Å². The molecule has 0 unspecified atom stereocenters. The summed E-state index contributed by atoms with van der Waals surface area (Å²) in [6, 6.07) is 17.0. The third-order valence-electron chi connectivity index (χ3n) is 4.51. The molecule has 0 aliphatic rings. The van der Waals surface area contributed by atoms with Crippen LogP contribution in [0, 0.1) is 0 Å². The quantitative estimate of drug-likeness (QED) is 0.229. The molecule has 0 N–H and O–H groups in total. The van der Waals surface area contributed by atoms with E-state index in [9.17, 15) is 9.59 Å². The van der Waals surface area contributed by atoms with E-state index in [-0.39, 0.29) is 24.1 Å². The first-order chi connectivity index (χ1) is 15.3. The Labute approximate surface area is 200 Å². The van der Waals surface area contributed by atoms with E-state index in [2.05, 4.69) is 48.5 Å². The van der Waals surface area contributed by atoms with E-state index in [1.807, 2.05) is 27.7 Å². The van der Waals surface area contributed by atoms with Crippen LogP contribution in [0.15, 0.2) is 58.3 Å². The predicted molar refractivity (Wildman–Crippen MR) is 133 cm³/mol. The molecule has 0 bridgehead atoms. The van der Waals surface area contributed by atoms with E-state index in [4.69, 9.17) is 9.47 Å². The zero-order valence-electron chi connectivity index (χ0n) is 19.5. The van der Waals surface area contributed by atoms with Gasteiger partial charge < -0.3 is 9.47 Å². The van der Waals surface area contributed by atoms with Gasteiger partial charge >= 0.3 is 11.9 Å². The van der Waals surface area contributed by atoms with Gasteiger partial charge in [0.1, 0.15) is 0 Å². The topological polar surface area (TPSA) is 52.6 Å². The van der Waals surface area contributed by atoms with Crippen LogP contribution in [0.3, 0.4) is 0 Å². The van der Waals surface area contributed by atoms with Crippen molar-refractivity contribution < 1.29 is 19.1 Å². The number of aryl methyl sites for hydroxylation is 2. The Morgan fingerprint density at radius 3 is 1.31 bits per heavy atom. The standard InChI is InChI=1S/C26H34O4S2/c1-19(2)29-25(27)9-5-7-21-11-15-23(16-12-21)31-32-24-17-13-22(14-18-24)8-6-10-26(28)30-20(3)4/h11-20H,5-10H2,1-4H3. The highest BCUT2D eigenvalue weighted by molar-refractivity contribution is 8.76. The van der Waals surface area contributed by atoms with Gasteiger partial charge in [-0.3, -0.25) is 9.59 Å². The molecule has 0 amide bonds. The number of esters is 2. The van der Waals surface area contributed by atoms with Crippen molar-refractivity contribution in [1.82, 2.24) is 0 Å². The lowest BCUT2D eigenvalue weighted by Gasteiger charge is -2.08. The molecule has 0 aromatic heterocycles. The summed E-state index contributed by atoms with van der Waals surface area (Å²) in [5, 5.41) is 0. The van der Waals surface area contributed by atoms with Crippen molar-refractivity contribution in [1.29, 1.82) is 0 Å². The van der Waals surface area contributed by atoms with E-state index >= 15 is 0 Å². The summed E-state index contributed by atoms with van der Waals surface area (Å²) >= 11 is 0. The summed E-state index contributed by atoms with van der Waals surface area (Å²) in [4.78, 5) is 25.6. The van der Waals surface area contributed by atoms with Gasteiger partial charge in [-0.2, -0.15) is 0 Å². The SMILES string of the molecule is CC(C)OC(=O)CCCc1ccc(SSc2ccc(CCCC(=O)OC(C)C)cc2)cc1. The smallest absolute Gasteiger partial charge is 0.306 e. The van der Waals surface area contributed by atoms with Crippen LogP contribution in [0.25, 0.3) is 0 Å². The molecule has 32 heavy (non-hydrogen) atoms. The third kappa shape index (κ3) is 11.1. The van der Waals surface area contributed by atoms with Crippen LogP contribution in [0.5, 0.6) is 0 Å². The lowest BCUT2D eigenvalue weighted by molar-refractivity contribution is -0.148. The summed E-state index contributed by atoms with van der Waals surface area (Å²) in [6.45, 7) is 7.48. The maximum Gasteiger partial charge on any atom is 0.306 e. The number of hydrogen-bond acceptors (Lipinski definition) is 6. The maximum atomic E-state index is 11.6. The van der Waals surface area contributed by atoms with Crippen molar-refractivity contribution in [3.05, 3.63) is 59.7 Å². The monoisotopic (exact) mass is 474 g/mol. The molecule has 0 fully saturated rings. The van der Waals surface area contributed by atoms with Crippen LogP contribution in [-0.2, 0) is 31.9 Å². The summed E-state index contributed by atoms with van der Waals surface area (Å²) in [5.41, 5.74) is 2.47. The molecule has 2 aromatic carbocycles. The van der Waals surface area contributed by atoms with Crippen LogP contribution in [0.2, 0.25) is 0 Å². The van der Waals surface area contributed by atoms with Crippen molar-refractivity contribution in [3.8, 4) is 0 Å². The van der Waals surface area contributed by atoms with Crippen LogP contribution in [-0.4, -0.2) is 24.1 Å². The van der Waals surface area contributed by atoms with Crippen molar-refractivity contribution in [2.24, 2.45) is 0 Å². The molecule has 0 aliphatic heterocycles. The zero-order chi connectivity index (χ0) is 23.3. The molecule has 0 atom stereocenters. The second kappa shape index (κ2) is 14.3. The summed E-state index contributed by atoms with van der Waals surface area (Å²) < 4.78 is 10.3. The Balaban J connectivity index is 1.68. The van der Waals surface area contributed by atoms with Gasteiger partial charge in [0, 0.05) is 22.6 Å². The second-order valence-corrected chi connectivity index (χ2v) is 10.5. The average Bonchev–Trinajstić information content (AvgIpc) is 2.73. The van der Waals surface area contributed by atoms with Crippen LogP contribution >= 0.6 is 21.6 Å². The van der Waals surface area contributed by atoms with Crippen LogP contribution in [0.4, 0.5) is 0 Å². The molecular formula is C26H34O4S2. The van der Waals surface area contributed by atoms with Gasteiger partial charge in [-0.05, 0) is 88.8 Å². The largest absolute Gasteiger partial charge is 0.463 e. The van der Waals surface area contributed by atoms with Crippen LogP contribution in [0.1, 0.15) is 64.5 Å². The molecule has 6 heteroatoms. The highest BCUT2D eigenvalue weighted by Crippen LogP contribution is 2.37.